The summed E-state index contributed by atoms with van der Waals surface area (Å²) in [5.74, 6) is 0.246. The zero-order chi connectivity index (χ0) is 15.6. The summed E-state index contributed by atoms with van der Waals surface area (Å²) in [5, 5.41) is 2.69. The molecule has 1 heterocycles. The average Bonchev–Trinajstić information content (AvgIpc) is 2.76. The molecule has 2 rings (SSSR count). The summed E-state index contributed by atoms with van der Waals surface area (Å²) in [5.41, 5.74) is 1.48. The molecule has 1 fully saturated rings. The van der Waals surface area contributed by atoms with E-state index in [1.807, 2.05) is 6.07 Å². The van der Waals surface area contributed by atoms with Gasteiger partial charge in [0.25, 0.3) is 9.05 Å². The maximum absolute atomic E-state index is 11.6. The third-order valence-electron chi connectivity index (χ3n) is 3.20. The normalized spacial score (nSPS) is 15.2. The Kier molecular flexibility index (Phi) is 4.63. The number of carbonyl (C=O) groups excluding carboxylic acids is 1. The standard InChI is InChI=1S/C13H17ClN2O4S/c1-9-7-10(2)12(11(8-9)21(14,18)19)20-6-5-16-4-3-15-13(16)17/h7-8H,3-6H2,1-2H3,(H,15,17). The predicted octanol–water partition coefficient (Wildman–Crippen LogP) is 1.63. The fourth-order valence-electron chi connectivity index (χ4n) is 2.26. The summed E-state index contributed by atoms with van der Waals surface area (Å²) in [4.78, 5) is 13.0. The second-order valence-electron chi connectivity index (χ2n) is 4.91. The highest BCUT2D eigenvalue weighted by Crippen LogP contribution is 2.31. The van der Waals surface area contributed by atoms with Gasteiger partial charge in [0, 0.05) is 23.8 Å². The van der Waals surface area contributed by atoms with Crippen molar-refractivity contribution in [2.45, 2.75) is 18.7 Å². The lowest BCUT2D eigenvalue weighted by molar-refractivity contribution is 0.201. The summed E-state index contributed by atoms with van der Waals surface area (Å²) >= 11 is 0. The second-order valence-corrected chi connectivity index (χ2v) is 7.45. The highest BCUT2D eigenvalue weighted by molar-refractivity contribution is 8.13. The molecule has 0 unspecified atom stereocenters. The van der Waals surface area contributed by atoms with Crippen LogP contribution >= 0.6 is 10.7 Å². The molecule has 116 valence electrons. The van der Waals surface area contributed by atoms with Gasteiger partial charge in [-0.3, -0.25) is 0 Å². The Morgan fingerprint density at radius 1 is 1.38 bits per heavy atom. The maximum Gasteiger partial charge on any atom is 0.317 e. The molecule has 0 spiro atoms. The van der Waals surface area contributed by atoms with E-state index in [9.17, 15) is 13.2 Å². The van der Waals surface area contributed by atoms with E-state index in [1.165, 1.54) is 6.07 Å². The van der Waals surface area contributed by atoms with E-state index in [1.54, 1.807) is 18.7 Å². The summed E-state index contributed by atoms with van der Waals surface area (Å²) in [7, 11) is 1.57. The molecule has 21 heavy (non-hydrogen) atoms. The van der Waals surface area contributed by atoms with Crippen LogP contribution in [0.25, 0.3) is 0 Å². The molecule has 8 heteroatoms. The lowest BCUT2D eigenvalue weighted by Gasteiger charge is -2.17. The first-order valence-corrected chi connectivity index (χ1v) is 8.81. The van der Waals surface area contributed by atoms with Gasteiger partial charge in [0.2, 0.25) is 0 Å². The first kappa shape index (κ1) is 15.9. The van der Waals surface area contributed by atoms with Crippen molar-refractivity contribution in [2.75, 3.05) is 26.2 Å². The third kappa shape index (κ3) is 3.79. The van der Waals surface area contributed by atoms with Gasteiger partial charge in [0.05, 0.1) is 6.54 Å². The molecule has 0 atom stereocenters. The van der Waals surface area contributed by atoms with Crippen LogP contribution in [0.15, 0.2) is 17.0 Å². The van der Waals surface area contributed by atoms with Crippen molar-refractivity contribution < 1.29 is 17.9 Å². The van der Waals surface area contributed by atoms with Gasteiger partial charge >= 0.3 is 6.03 Å². The molecule has 0 aliphatic carbocycles. The van der Waals surface area contributed by atoms with Gasteiger partial charge in [-0.1, -0.05) is 6.07 Å². The van der Waals surface area contributed by atoms with E-state index < -0.39 is 9.05 Å². The number of nitrogens with zero attached hydrogens (tertiary/aromatic N) is 1. The van der Waals surface area contributed by atoms with Crippen molar-refractivity contribution in [3.8, 4) is 5.75 Å². The van der Waals surface area contributed by atoms with Gasteiger partial charge in [-0.25, -0.2) is 13.2 Å². The van der Waals surface area contributed by atoms with Crippen molar-refractivity contribution in [3.05, 3.63) is 23.3 Å². The van der Waals surface area contributed by atoms with Gasteiger partial charge in [0.15, 0.2) is 0 Å². The first-order valence-electron chi connectivity index (χ1n) is 6.50. The molecule has 0 bridgehead atoms. The number of benzene rings is 1. The predicted molar refractivity (Wildman–Crippen MR) is 79.4 cm³/mol. The van der Waals surface area contributed by atoms with Crippen molar-refractivity contribution >= 4 is 25.8 Å². The first-order chi connectivity index (χ1) is 9.79. The average molecular weight is 333 g/mol. The summed E-state index contributed by atoms with van der Waals surface area (Å²) in [6, 6.07) is 3.17. The molecule has 1 N–H and O–H groups in total. The number of hydrogen-bond donors (Lipinski definition) is 1. The topological polar surface area (TPSA) is 75.7 Å². The number of carbonyl (C=O) groups is 1. The maximum atomic E-state index is 11.6. The minimum absolute atomic E-state index is 0.0347. The number of nitrogens with one attached hydrogen (secondary N) is 1. The molecule has 6 nitrogen and oxygen atoms in total. The molecule has 1 saturated heterocycles. The zero-order valence-electron chi connectivity index (χ0n) is 11.8. The molecule has 1 aromatic rings. The van der Waals surface area contributed by atoms with Crippen LogP contribution in [0, 0.1) is 13.8 Å². The number of urea groups is 1. The van der Waals surface area contributed by atoms with Crippen LogP contribution < -0.4 is 10.1 Å². The zero-order valence-corrected chi connectivity index (χ0v) is 13.4. The quantitative estimate of drug-likeness (QED) is 0.832. The molecular formula is C13H17ClN2O4S. The van der Waals surface area contributed by atoms with E-state index in [0.29, 0.717) is 25.2 Å². The van der Waals surface area contributed by atoms with Crippen molar-refractivity contribution in [1.82, 2.24) is 10.2 Å². The number of ether oxygens (including phenoxy) is 1. The smallest absolute Gasteiger partial charge is 0.317 e. The molecule has 0 saturated carbocycles. The largest absolute Gasteiger partial charge is 0.490 e. The van der Waals surface area contributed by atoms with Crippen LogP contribution in [0.1, 0.15) is 11.1 Å². The lowest BCUT2D eigenvalue weighted by Crippen LogP contribution is -2.32. The van der Waals surface area contributed by atoms with Crippen LogP contribution in [0.2, 0.25) is 0 Å². The van der Waals surface area contributed by atoms with E-state index >= 15 is 0 Å². The fourth-order valence-corrected chi connectivity index (χ4v) is 3.38. The highest BCUT2D eigenvalue weighted by atomic mass is 35.7. The van der Waals surface area contributed by atoms with Crippen LogP contribution in [0.5, 0.6) is 5.75 Å². The number of rotatable bonds is 5. The Balaban J connectivity index is 2.14. The lowest BCUT2D eigenvalue weighted by atomic mass is 10.1. The van der Waals surface area contributed by atoms with E-state index in [0.717, 1.165) is 5.56 Å². The highest BCUT2D eigenvalue weighted by Gasteiger charge is 2.22. The fraction of sp³-hybridized carbons (Fsp3) is 0.462. The van der Waals surface area contributed by atoms with Gasteiger partial charge in [-0.2, -0.15) is 0 Å². The van der Waals surface area contributed by atoms with Gasteiger partial charge in [0.1, 0.15) is 17.3 Å². The molecule has 2 amide bonds. The van der Waals surface area contributed by atoms with Gasteiger partial charge < -0.3 is 15.0 Å². The third-order valence-corrected chi connectivity index (χ3v) is 4.53. The summed E-state index contributed by atoms with van der Waals surface area (Å²) in [6.07, 6.45) is 0. The summed E-state index contributed by atoms with van der Waals surface area (Å²) in [6.45, 7) is 5.38. The van der Waals surface area contributed by atoms with Crippen molar-refractivity contribution in [1.29, 1.82) is 0 Å². The van der Waals surface area contributed by atoms with E-state index in [-0.39, 0.29) is 23.3 Å². The molecule has 1 aliphatic heterocycles. The van der Waals surface area contributed by atoms with Crippen molar-refractivity contribution in [2.24, 2.45) is 0 Å². The molecule has 0 radical (unpaired) electrons. The molecule has 1 aromatic carbocycles. The minimum Gasteiger partial charge on any atom is -0.490 e. The van der Waals surface area contributed by atoms with Crippen molar-refractivity contribution in [3.63, 3.8) is 0 Å². The monoisotopic (exact) mass is 332 g/mol. The van der Waals surface area contributed by atoms with E-state index in [2.05, 4.69) is 5.32 Å². The number of amides is 2. The van der Waals surface area contributed by atoms with Gasteiger partial charge in [-0.15, -0.1) is 0 Å². The number of hydrogen-bond acceptors (Lipinski definition) is 4. The summed E-state index contributed by atoms with van der Waals surface area (Å²) < 4.78 is 28.9. The Labute approximate surface area is 128 Å². The van der Waals surface area contributed by atoms with E-state index in [4.69, 9.17) is 15.4 Å². The molecule has 0 aromatic heterocycles. The Morgan fingerprint density at radius 3 is 2.67 bits per heavy atom. The minimum atomic E-state index is -3.88. The SMILES string of the molecule is Cc1cc(C)c(OCCN2CCNC2=O)c(S(=O)(=O)Cl)c1. The van der Waals surface area contributed by atoms with Gasteiger partial charge in [-0.05, 0) is 31.0 Å². The Morgan fingerprint density at radius 2 is 2.10 bits per heavy atom. The van der Waals surface area contributed by atoms with Crippen LogP contribution in [0.3, 0.4) is 0 Å². The Bertz CT molecular complexity index is 660. The van der Waals surface area contributed by atoms with Crippen LogP contribution in [-0.4, -0.2) is 45.6 Å². The number of halogens is 1. The van der Waals surface area contributed by atoms with Crippen LogP contribution in [-0.2, 0) is 9.05 Å². The number of aryl methyl sites for hydroxylation is 2. The molecule has 1 aliphatic rings. The Hall–Kier alpha value is -1.47. The molecular weight excluding hydrogens is 316 g/mol. The van der Waals surface area contributed by atoms with Crippen LogP contribution in [0.4, 0.5) is 4.79 Å². The second kappa shape index (κ2) is 6.11.